The van der Waals surface area contributed by atoms with Crippen LogP contribution in [0.1, 0.15) is 0 Å². The number of ether oxygens (including phenoxy) is 1. The summed E-state index contributed by atoms with van der Waals surface area (Å²) in [5.74, 6) is -1.17. The van der Waals surface area contributed by atoms with Gasteiger partial charge in [-0.25, -0.2) is 4.79 Å². The van der Waals surface area contributed by atoms with Gasteiger partial charge in [0.05, 0.1) is 7.11 Å². The molecule has 3 atom stereocenters. The number of methoxy groups -OCH3 is 1. The van der Waals surface area contributed by atoms with E-state index in [1.807, 2.05) is 0 Å². The Kier molecular flexibility index (Phi) is 4.98. The van der Waals surface area contributed by atoms with Crippen LogP contribution < -0.4 is 5.32 Å². The van der Waals surface area contributed by atoms with Crippen molar-refractivity contribution < 1.29 is 19.1 Å². The lowest BCUT2D eigenvalue weighted by atomic mass is 9.99. The quantitative estimate of drug-likeness (QED) is 0.185. The molecule has 0 bridgehead atoms. The van der Waals surface area contributed by atoms with Gasteiger partial charge in [-0.15, -0.1) is 11.6 Å². The molecule has 3 unspecified atom stereocenters. The number of β-lactam (4-membered cyclic amide) rings is 1. The number of nitrogens with zero attached hydrogens (tertiary/aromatic N) is 1. The molecule has 18 heavy (non-hydrogen) atoms. The van der Waals surface area contributed by atoms with E-state index in [1.165, 1.54) is 7.11 Å². The van der Waals surface area contributed by atoms with E-state index in [-0.39, 0.29) is 5.88 Å². The van der Waals surface area contributed by atoms with Gasteiger partial charge in [0.25, 0.3) is 5.91 Å². The zero-order valence-electron chi connectivity index (χ0n) is 9.56. The fourth-order valence-corrected chi connectivity index (χ4v) is 2.17. The summed E-state index contributed by atoms with van der Waals surface area (Å²) >= 11 is 11.5. The van der Waals surface area contributed by atoms with E-state index < -0.39 is 29.5 Å². The molecule has 1 N–H and O–H groups in total. The van der Waals surface area contributed by atoms with Crippen LogP contribution in [0.3, 0.4) is 0 Å². The Bertz CT molecular complexity index is 372. The number of nitrogens with one attached hydrogen (secondary N) is 1. The molecule has 100 valence electrons. The smallest absolute Gasteiger partial charge is 0.333 e. The van der Waals surface area contributed by atoms with Crippen molar-refractivity contribution in [2.24, 2.45) is 0 Å². The van der Waals surface area contributed by atoms with Crippen LogP contribution in [0, 0.1) is 0 Å². The van der Waals surface area contributed by atoms with Crippen molar-refractivity contribution in [2.45, 2.75) is 17.6 Å². The van der Waals surface area contributed by atoms with Crippen molar-refractivity contribution in [3.63, 3.8) is 0 Å². The molecule has 0 aromatic heterocycles. The third kappa shape index (κ3) is 2.44. The van der Waals surface area contributed by atoms with Crippen LogP contribution >= 0.6 is 23.2 Å². The van der Waals surface area contributed by atoms with Crippen LogP contribution in [0.25, 0.3) is 0 Å². The van der Waals surface area contributed by atoms with Crippen LogP contribution in [0.4, 0.5) is 0 Å². The molecule has 0 saturated carbocycles. The van der Waals surface area contributed by atoms with Crippen molar-refractivity contribution in [1.29, 1.82) is 0 Å². The van der Waals surface area contributed by atoms with Crippen molar-refractivity contribution in [2.75, 3.05) is 13.0 Å². The fourth-order valence-electron chi connectivity index (χ4n) is 1.63. The van der Waals surface area contributed by atoms with Gasteiger partial charge in [0, 0.05) is 5.88 Å². The zero-order chi connectivity index (χ0) is 13.9. The Morgan fingerprint density at radius 2 is 2.33 bits per heavy atom. The summed E-state index contributed by atoms with van der Waals surface area (Å²) in [5.41, 5.74) is -0.543. The van der Waals surface area contributed by atoms with E-state index in [4.69, 9.17) is 23.2 Å². The third-order valence-electron chi connectivity index (χ3n) is 2.57. The molecule has 0 aromatic carbocycles. The molecular weight excluding hydrogens is 283 g/mol. The topological polar surface area (TPSA) is 75.7 Å². The van der Waals surface area contributed by atoms with Gasteiger partial charge in [-0.2, -0.15) is 0 Å². The molecule has 0 aromatic rings. The molecule has 1 rings (SSSR count). The maximum absolute atomic E-state index is 11.8. The SMILES string of the molecule is C=C(CCl)C(C(=O)OC)N1C(=O)C(NC=O)C1Cl. The minimum atomic E-state index is -1.03. The molecular formula is C10H12Cl2N2O4. The number of hydrogen-bond acceptors (Lipinski definition) is 4. The highest BCUT2D eigenvalue weighted by Gasteiger charge is 2.52. The molecule has 0 radical (unpaired) electrons. The Morgan fingerprint density at radius 1 is 1.72 bits per heavy atom. The van der Waals surface area contributed by atoms with Gasteiger partial charge in [-0.05, 0) is 5.57 Å². The first-order valence-corrected chi connectivity index (χ1v) is 5.94. The average Bonchev–Trinajstić information content (AvgIpc) is 2.39. The molecule has 1 aliphatic heterocycles. The second-order valence-corrected chi connectivity index (χ2v) is 4.31. The van der Waals surface area contributed by atoms with Crippen molar-refractivity contribution in [3.8, 4) is 0 Å². The second kappa shape index (κ2) is 6.06. The normalized spacial score (nSPS) is 23.9. The first-order valence-electron chi connectivity index (χ1n) is 4.97. The second-order valence-electron chi connectivity index (χ2n) is 3.60. The highest BCUT2D eigenvalue weighted by atomic mass is 35.5. The van der Waals surface area contributed by atoms with Crippen LogP contribution in [0.2, 0.25) is 0 Å². The zero-order valence-corrected chi connectivity index (χ0v) is 11.1. The van der Waals surface area contributed by atoms with Crippen molar-refractivity contribution in [3.05, 3.63) is 12.2 Å². The van der Waals surface area contributed by atoms with E-state index in [2.05, 4.69) is 16.6 Å². The van der Waals surface area contributed by atoms with E-state index in [9.17, 15) is 14.4 Å². The largest absolute Gasteiger partial charge is 0.467 e. The van der Waals surface area contributed by atoms with E-state index >= 15 is 0 Å². The fraction of sp³-hybridized carbons (Fsp3) is 0.500. The molecule has 1 fully saturated rings. The Morgan fingerprint density at radius 3 is 2.72 bits per heavy atom. The molecule has 1 aliphatic rings. The lowest BCUT2D eigenvalue weighted by Crippen LogP contribution is -2.71. The lowest BCUT2D eigenvalue weighted by Gasteiger charge is -2.46. The summed E-state index contributed by atoms with van der Waals surface area (Å²) in [5, 5.41) is 2.26. The number of halogens is 2. The summed E-state index contributed by atoms with van der Waals surface area (Å²) in [6.45, 7) is 3.61. The summed E-state index contributed by atoms with van der Waals surface area (Å²) in [6.07, 6.45) is 0.374. The Balaban J connectivity index is 2.89. The predicted octanol–water partition coefficient (Wildman–Crippen LogP) is -0.155. The number of rotatable bonds is 6. The van der Waals surface area contributed by atoms with Crippen LogP contribution in [0.5, 0.6) is 0 Å². The van der Waals surface area contributed by atoms with Crippen LogP contribution in [0.15, 0.2) is 12.2 Å². The summed E-state index contributed by atoms with van der Waals surface area (Å²) < 4.78 is 4.58. The number of alkyl halides is 2. The standard InChI is InChI=1S/C10H12Cl2N2O4/c1-5(3-11)7(10(17)18-2)14-8(12)6(9(14)16)13-4-15/h4,6-8H,1,3H2,2H3,(H,13,15). The van der Waals surface area contributed by atoms with Crippen LogP contribution in [-0.4, -0.2) is 53.8 Å². The molecule has 1 heterocycles. The van der Waals surface area contributed by atoms with Crippen molar-refractivity contribution >= 4 is 41.5 Å². The number of hydrogen-bond donors (Lipinski definition) is 1. The number of likely N-dealkylation sites (tertiary alicyclic amines) is 1. The molecule has 0 spiro atoms. The highest BCUT2D eigenvalue weighted by Crippen LogP contribution is 2.29. The number of carbonyl (C=O) groups excluding carboxylic acids is 3. The average molecular weight is 295 g/mol. The molecule has 1 saturated heterocycles. The lowest BCUT2D eigenvalue weighted by molar-refractivity contribution is -0.161. The summed E-state index contributed by atoms with van der Waals surface area (Å²) in [7, 11) is 1.19. The maximum Gasteiger partial charge on any atom is 0.333 e. The summed E-state index contributed by atoms with van der Waals surface area (Å²) in [6, 6.07) is -1.88. The molecule has 2 amide bonds. The van der Waals surface area contributed by atoms with Gasteiger partial charge in [-0.3, -0.25) is 9.59 Å². The van der Waals surface area contributed by atoms with E-state index in [0.717, 1.165) is 4.90 Å². The first kappa shape index (κ1) is 14.8. The monoisotopic (exact) mass is 294 g/mol. The highest BCUT2D eigenvalue weighted by molar-refractivity contribution is 6.27. The third-order valence-corrected chi connectivity index (χ3v) is 3.38. The number of amides is 2. The van der Waals surface area contributed by atoms with Gasteiger partial charge in [0.2, 0.25) is 6.41 Å². The van der Waals surface area contributed by atoms with Crippen LogP contribution in [-0.2, 0) is 19.1 Å². The minimum Gasteiger partial charge on any atom is -0.467 e. The van der Waals surface area contributed by atoms with Gasteiger partial charge < -0.3 is 15.0 Å². The molecule has 8 heteroatoms. The first-order chi connectivity index (χ1) is 8.49. The summed E-state index contributed by atoms with van der Waals surface area (Å²) in [4.78, 5) is 34.8. The number of carbonyl (C=O) groups is 3. The van der Waals surface area contributed by atoms with Gasteiger partial charge in [0.1, 0.15) is 11.5 Å². The Hall–Kier alpha value is -1.27. The van der Waals surface area contributed by atoms with Gasteiger partial charge in [0.15, 0.2) is 6.04 Å². The van der Waals surface area contributed by atoms with E-state index in [1.54, 1.807) is 0 Å². The van der Waals surface area contributed by atoms with Crippen molar-refractivity contribution in [1.82, 2.24) is 10.2 Å². The van der Waals surface area contributed by atoms with E-state index in [0.29, 0.717) is 12.0 Å². The van der Waals surface area contributed by atoms with Gasteiger partial charge >= 0.3 is 5.97 Å². The molecule has 0 aliphatic carbocycles. The predicted molar refractivity (Wildman–Crippen MR) is 65.1 cm³/mol. The molecule has 6 nitrogen and oxygen atoms in total. The minimum absolute atomic E-state index is 0.0149. The van der Waals surface area contributed by atoms with Gasteiger partial charge in [-0.1, -0.05) is 18.2 Å². The maximum atomic E-state index is 11.8. The Labute approximate surface area is 114 Å². The number of esters is 1.